The fraction of sp³-hybridized carbons (Fsp3) is 0.545. The molecule has 1 N–H and O–H groups in total. The number of anilines is 1. The molecule has 0 bridgehead atoms. The van der Waals surface area contributed by atoms with Crippen molar-refractivity contribution in [1.29, 1.82) is 0 Å². The van der Waals surface area contributed by atoms with E-state index in [0.29, 0.717) is 18.3 Å². The van der Waals surface area contributed by atoms with Crippen LogP contribution in [0.4, 0.5) is 5.82 Å². The monoisotopic (exact) mass is 394 g/mol. The van der Waals surface area contributed by atoms with Crippen molar-refractivity contribution in [1.82, 2.24) is 24.8 Å². The number of hydrogen-bond acceptors (Lipinski definition) is 5. The van der Waals surface area contributed by atoms with E-state index >= 15 is 0 Å². The van der Waals surface area contributed by atoms with E-state index in [4.69, 9.17) is 4.98 Å². The Hall–Kier alpha value is -2.70. The van der Waals surface area contributed by atoms with Crippen LogP contribution in [-0.4, -0.2) is 44.6 Å². The molecule has 1 saturated heterocycles. The summed E-state index contributed by atoms with van der Waals surface area (Å²) in [6.07, 6.45) is 20.2. The van der Waals surface area contributed by atoms with Crippen molar-refractivity contribution in [3.05, 3.63) is 43.1 Å². The minimum atomic E-state index is 0.144. The van der Waals surface area contributed by atoms with Gasteiger partial charge in [0.1, 0.15) is 12.1 Å². The first-order chi connectivity index (χ1) is 14.3. The normalized spacial score (nSPS) is 21.9. The lowest BCUT2D eigenvalue weighted by Crippen LogP contribution is -2.43. The molecule has 0 spiro atoms. The fourth-order valence-electron chi connectivity index (χ4n) is 4.32. The lowest BCUT2D eigenvalue weighted by atomic mass is 9.93. The Bertz CT molecular complexity index is 818. The van der Waals surface area contributed by atoms with Crippen LogP contribution in [0.3, 0.4) is 0 Å². The second-order valence-corrected chi connectivity index (χ2v) is 7.99. The Morgan fingerprint density at radius 1 is 1.21 bits per heavy atom. The molecule has 2 unspecified atom stereocenters. The smallest absolute Gasteiger partial charge is 0.236 e. The van der Waals surface area contributed by atoms with Crippen LogP contribution in [-0.2, 0) is 4.79 Å². The predicted molar refractivity (Wildman–Crippen MR) is 113 cm³/mol. The van der Waals surface area contributed by atoms with Crippen molar-refractivity contribution in [2.24, 2.45) is 5.92 Å². The fourth-order valence-corrected chi connectivity index (χ4v) is 4.32. The zero-order valence-electron chi connectivity index (χ0n) is 16.9. The van der Waals surface area contributed by atoms with E-state index in [0.717, 1.165) is 44.6 Å². The Morgan fingerprint density at radius 2 is 2.17 bits per heavy atom. The molecular weight excluding hydrogens is 364 g/mol. The average molecular weight is 395 g/mol. The number of carbonyl (C=O) groups is 1. The Balaban J connectivity index is 1.35. The van der Waals surface area contributed by atoms with Gasteiger partial charge in [-0.1, -0.05) is 12.2 Å². The molecule has 1 aliphatic carbocycles. The molecule has 7 heteroatoms. The first-order valence-electron chi connectivity index (χ1n) is 10.8. The van der Waals surface area contributed by atoms with E-state index in [1.807, 2.05) is 12.3 Å². The van der Waals surface area contributed by atoms with E-state index in [1.54, 1.807) is 23.3 Å². The van der Waals surface area contributed by atoms with Crippen LogP contribution in [0, 0.1) is 5.92 Å². The van der Waals surface area contributed by atoms with Crippen molar-refractivity contribution in [3.8, 4) is 5.95 Å². The number of allylic oxidation sites excluding steroid dienone is 2. The first-order valence-corrected chi connectivity index (χ1v) is 10.8. The van der Waals surface area contributed by atoms with Crippen LogP contribution in [0.2, 0.25) is 0 Å². The van der Waals surface area contributed by atoms with Gasteiger partial charge in [-0.2, -0.15) is 4.98 Å². The first kappa shape index (κ1) is 19.6. The van der Waals surface area contributed by atoms with E-state index < -0.39 is 0 Å². The molecule has 1 fully saturated rings. The number of nitrogens with one attached hydrogen (secondary N) is 1. The average Bonchev–Trinajstić information content (AvgIpc) is 3.30. The van der Waals surface area contributed by atoms with Gasteiger partial charge in [0.15, 0.2) is 0 Å². The minimum absolute atomic E-state index is 0.144. The maximum atomic E-state index is 12.6. The van der Waals surface area contributed by atoms with Gasteiger partial charge >= 0.3 is 0 Å². The highest BCUT2D eigenvalue weighted by Crippen LogP contribution is 2.25. The van der Waals surface area contributed by atoms with E-state index in [1.165, 1.54) is 19.3 Å². The van der Waals surface area contributed by atoms with E-state index in [-0.39, 0.29) is 11.9 Å². The molecule has 0 saturated carbocycles. The van der Waals surface area contributed by atoms with E-state index in [9.17, 15) is 4.79 Å². The lowest BCUT2D eigenvalue weighted by molar-refractivity contribution is -0.121. The quantitative estimate of drug-likeness (QED) is 0.730. The third-order valence-electron chi connectivity index (χ3n) is 5.90. The number of aromatic nitrogens is 4. The summed E-state index contributed by atoms with van der Waals surface area (Å²) < 4.78 is 1.80. The minimum Gasteiger partial charge on any atom is -0.356 e. The summed E-state index contributed by atoms with van der Waals surface area (Å²) in [5.41, 5.74) is 0. The molecule has 0 radical (unpaired) electrons. The second kappa shape index (κ2) is 9.67. The maximum Gasteiger partial charge on any atom is 0.236 e. The molecule has 2 atom stereocenters. The topological polar surface area (TPSA) is 75.9 Å². The summed E-state index contributed by atoms with van der Waals surface area (Å²) >= 11 is 0. The van der Waals surface area contributed by atoms with Gasteiger partial charge in [0.25, 0.3) is 0 Å². The molecule has 7 nitrogen and oxygen atoms in total. The van der Waals surface area contributed by atoms with Crippen molar-refractivity contribution in [2.45, 2.75) is 57.4 Å². The summed E-state index contributed by atoms with van der Waals surface area (Å²) in [4.78, 5) is 28.0. The largest absolute Gasteiger partial charge is 0.356 e. The molecule has 2 aromatic rings. The van der Waals surface area contributed by atoms with Gasteiger partial charge in [0, 0.05) is 44.1 Å². The van der Waals surface area contributed by atoms with Crippen molar-refractivity contribution in [2.75, 3.05) is 18.0 Å². The van der Waals surface area contributed by atoms with Crippen LogP contribution >= 0.6 is 0 Å². The van der Waals surface area contributed by atoms with Crippen LogP contribution < -0.4 is 10.2 Å². The highest BCUT2D eigenvalue weighted by Gasteiger charge is 2.26. The molecule has 1 aliphatic heterocycles. The third kappa shape index (κ3) is 5.22. The Labute approximate surface area is 172 Å². The van der Waals surface area contributed by atoms with Gasteiger partial charge in [0.05, 0.1) is 0 Å². The van der Waals surface area contributed by atoms with Crippen LogP contribution in [0.1, 0.15) is 51.4 Å². The van der Waals surface area contributed by atoms with Gasteiger partial charge in [-0.15, -0.1) is 0 Å². The highest BCUT2D eigenvalue weighted by atomic mass is 16.1. The molecular formula is C22H30N6O. The summed E-state index contributed by atoms with van der Waals surface area (Å²) in [5.74, 6) is 2.26. The number of amides is 1. The molecule has 1 amide bonds. The summed E-state index contributed by atoms with van der Waals surface area (Å²) in [7, 11) is 0. The van der Waals surface area contributed by atoms with Crippen LogP contribution in [0.5, 0.6) is 0 Å². The van der Waals surface area contributed by atoms with Gasteiger partial charge in [-0.25, -0.2) is 9.97 Å². The van der Waals surface area contributed by atoms with Gasteiger partial charge < -0.3 is 10.2 Å². The number of imidazole rings is 1. The SMILES string of the molecule is O=C(CC1CCCCN1c1ccnc(-n2ccnc2)n1)NCCC1C=CCCC1. The van der Waals surface area contributed by atoms with Crippen molar-refractivity contribution in [3.63, 3.8) is 0 Å². The third-order valence-corrected chi connectivity index (χ3v) is 5.90. The molecule has 154 valence electrons. The lowest BCUT2D eigenvalue weighted by Gasteiger charge is -2.36. The predicted octanol–water partition coefficient (Wildman–Crippen LogP) is 3.27. The zero-order chi connectivity index (χ0) is 19.9. The van der Waals surface area contributed by atoms with Crippen molar-refractivity contribution >= 4 is 11.7 Å². The molecule has 4 rings (SSSR count). The van der Waals surface area contributed by atoms with Crippen LogP contribution in [0.25, 0.3) is 5.95 Å². The maximum absolute atomic E-state index is 12.6. The standard InChI is InChI=1S/C22H30N6O/c29-21(24-11-9-18-6-2-1-3-7-18)16-19-8-4-5-14-28(19)20-10-12-25-22(26-20)27-15-13-23-17-27/h2,6,10,12-13,15,17-19H,1,3-5,7-9,11,14,16H2,(H,24,29). The van der Waals surface area contributed by atoms with Gasteiger partial charge in [-0.05, 0) is 56.9 Å². The highest BCUT2D eigenvalue weighted by molar-refractivity contribution is 5.77. The Morgan fingerprint density at radius 3 is 3.00 bits per heavy atom. The number of rotatable bonds is 7. The molecule has 29 heavy (non-hydrogen) atoms. The van der Waals surface area contributed by atoms with Gasteiger partial charge in [-0.3, -0.25) is 9.36 Å². The second-order valence-electron chi connectivity index (χ2n) is 7.99. The molecule has 2 aliphatic rings. The van der Waals surface area contributed by atoms with Gasteiger partial charge in [0.2, 0.25) is 11.9 Å². The number of piperidine rings is 1. The summed E-state index contributed by atoms with van der Waals surface area (Å²) in [6.45, 7) is 1.68. The molecule has 3 heterocycles. The molecule has 0 aromatic carbocycles. The van der Waals surface area contributed by atoms with E-state index in [2.05, 4.69) is 32.3 Å². The number of hydrogen-bond donors (Lipinski definition) is 1. The summed E-state index contributed by atoms with van der Waals surface area (Å²) in [5, 5.41) is 3.14. The van der Waals surface area contributed by atoms with Crippen molar-refractivity contribution < 1.29 is 4.79 Å². The zero-order valence-corrected chi connectivity index (χ0v) is 16.9. The summed E-state index contributed by atoms with van der Waals surface area (Å²) in [6, 6.07) is 2.12. The number of nitrogens with zero attached hydrogens (tertiary/aromatic N) is 5. The Kier molecular flexibility index (Phi) is 6.54. The molecule has 2 aromatic heterocycles. The number of carbonyl (C=O) groups excluding carboxylic acids is 1. The van der Waals surface area contributed by atoms with Crippen LogP contribution in [0.15, 0.2) is 43.1 Å².